The second-order valence-electron chi connectivity index (χ2n) is 5.47. The number of aliphatic hydroxyl groups excluding tert-OH is 1. The van der Waals surface area contributed by atoms with Gasteiger partial charge in [0, 0.05) is 18.8 Å². The fourth-order valence-corrected chi connectivity index (χ4v) is 2.13. The molecule has 0 aliphatic carbocycles. The smallest absolute Gasteiger partial charge is 0.119 e. The van der Waals surface area contributed by atoms with E-state index < -0.39 is 0 Å². The highest BCUT2D eigenvalue weighted by Crippen LogP contribution is 2.23. The fourth-order valence-electron chi connectivity index (χ4n) is 2.13. The minimum Gasteiger partial charge on any atom is -0.491 e. The second kappa shape index (κ2) is 5.99. The summed E-state index contributed by atoms with van der Waals surface area (Å²) in [6.45, 7) is 5.47. The van der Waals surface area contributed by atoms with Gasteiger partial charge in [-0.3, -0.25) is 0 Å². The molecule has 5 heteroatoms. The number of benzene rings is 1. The first-order valence-electron chi connectivity index (χ1n) is 7.10. The second-order valence-corrected chi connectivity index (χ2v) is 5.47. The van der Waals surface area contributed by atoms with Crippen molar-refractivity contribution in [3.8, 4) is 5.75 Å². The number of rotatable bonds is 8. The van der Waals surface area contributed by atoms with E-state index in [-0.39, 0.29) is 12.2 Å². The molecule has 2 saturated heterocycles. The van der Waals surface area contributed by atoms with Gasteiger partial charge in [0.25, 0.3) is 0 Å². The molecule has 3 atom stereocenters. The Bertz CT molecular complexity index is 422. The summed E-state index contributed by atoms with van der Waals surface area (Å²) in [4.78, 5) is 2.15. The van der Waals surface area contributed by atoms with E-state index in [1.165, 1.54) is 0 Å². The first-order valence-corrected chi connectivity index (χ1v) is 7.10. The van der Waals surface area contributed by atoms with Crippen LogP contribution in [0.5, 0.6) is 5.75 Å². The molecule has 3 rings (SSSR count). The highest BCUT2D eigenvalue weighted by atomic mass is 16.6. The van der Waals surface area contributed by atoms with Gasteiger partial charge in [0.1, 0.15) is 18.5 Å². The summed E-state index contributed by atoms with van der Waals surface area (Å²) in [5.41, 5.74) is 1.08. The Morgan fingerprint density at radius 1 is 1.25 bits per heavy atom. The molecular formula is C15H21NO4. The van der Waals surface area contributed by atoms with Crippen molar-refractivity contribution in [2.75, 3.05) is 37.8 Å². The van der Waals surface area contributed by atoms with Crippen LogP contribution in [-0.4, -0.2) is 56.3 Å². The molecular weight excluding hydrogens is 258 g/mol. The van der Waals surface area contributed by atoms with Crippen LogP contribution in [0.4, 0.5) is 5.69 Å². The average molecular weight is 279 g/mol. The van der Waals surface area contributed by atoms with Gasteiger partial charge in [0.05, 0.1) is 25.4 Å². The van der Waals surface area contributed by atoms with E-state index >= 15 is 0 Å². The minimum atomic E-state index is -0.364. The number of hydrogen-bond acceptors (Lipinski definition) is 5. The summed E-state index contributed by atoms with van der Waals surface area (Å²) in [7, 11) is 0. The third-order valence-corrected chi connectivity index (χ3v) is 3.35. The van der Waals surface area contributed by atoms with Gasteiger partial charge in [-0.1, -0.05) is 0 Å². The lowest BCUT2D eigenvalue weighted by atomic mass is 10.2. The van der Waals surface area contributed by atoms with E-state index in [0.717, 1.165) is 31.2 Å². The van der Waals surface area contributed by atoms with Crippen molar-refractivity contribution < 1.29 is 19.3 Å². The van der Waals surface area contributed by atoms with Crippen LogP contribution in [0.15, 0.2) is 24.3 Å². The van der Waals surface area contributed by atoms with Gasteiger partial charge in [-0.05, 0) is 31.2 Å². The van der Waals surface area contributed by atoms with Gasteiger partial charge in [-0.2, -0.15) is 0 Å². The van der Waals surface area contributed by atoms with Crippen LogP contribution < -0.4 is 9.64 Å². The van der Waals surface area contributed by atoms with Crippen molar-refractivity contribution >= 4 is 5.69 Å². The van der Waals surface area contributed by atoms with Crippen molar-refractivity contribution in [1.82, 2.24) is 0 Å². The molecule has 0 radical (unpaired) electrons. The quantitative estimate of drug-likeness (QED) is 0.721. The number of nitrogens with zero attached hydrogens (tertiary/aromatic N) is 1. The third-order valence-electron chi connectivity index (χ3n) is 3.35. The van der Waals surface area contributed by atoms with Gasteiger partial charge in [0.2, 0.25) is 0 Å². The molecule has 0 aromatic heterocycles. The Labute approximate surface area is 119 Å². The van der Waals surface area contributed by atoms with Crippen LogP contribution in [-0.2, 0) is 9.47 Å². The van der Waals surface area contributed by atoms with E-state index in [9.17, 15) is 5.11 Å². The van der Waals surface area contributed by atoms with Crippen molar-refractivity contribution in [1.29, 1.82) is 0 Å². The third kappa shape index (κ3) is 4.10. The Morgan fingerprint density at radius 3 is 2.45 bits per heavy atom. The molecule has 0 bridgehead atoms. The zero-order valence-corrected chi connectivity index (χ0v) is 11.7. The summed E-state index contributed by atoms with van der Waals surface area (Å²) in [6, 6.07) is 7.96. The molecule has 2 aliphatic heterocycles. The summed E-state index contributed by atoms with van der Waals surface area (Å²) in [6.07, 6.45) is 0.210. The highest BCUT2D eigenvalue weighted by molar-refractivity contribution is 5.49. The lowest BCUT2D eigenvalue weighted by molar-refractivity contribution is 0.199. The summed E-state index contributed by atoms with van der Waals surface area (Å²) in [5.74, 6) is 0.851. The minimum absolute atomic E-state index is 0.272. The van der Waals surface area contributed by atoms with E-state index in [0.29, 0.717) is 19.3 Å². The predicted molar refractivity (Wildman–Crippen MR) is 75.3 cm³/mol. The van der Waals surface area contributed by atoms with E-state index in [4.69, 9.17) is 14.2 Å². The Morgan fingerprint density at radius 2 is 1.90 bits per heavy atom. The SMILES string of the molecule is CC(O)CN(CC1CO1)c1ccc(OCC2CO2)cc1. The van der Waals surface area contributed by atoms with Gasteiger partial charge in [-0.15, -0.1) is 0 Å². The maximum atomic E-state index is 9.60. The first-order chi connectivity index (χ1) is 9.70. The summed E-state index contributed by atoms with van der Waals surface area (Å²) >= 11 is 0. The predicted octanol–water partition coefficient (Wildman–Crippen LogP) is 1.05. The molecule has 0 spiro atoms. The standard InChI is InChI=1S/C15H21NO4/c1-11(17)6-16(7-14-8-19-14)12-2-4-13(5-3-12)18-9-15-10-20-15/h2-5,11,14-15,17H,6-10H2,1H3. The Kier molecular flexibility index (Phi) is 4.10. The topological polar surface area (TPSA) is 57.8 Å². The molecule has 1 aromatic rings. The van der Waals surface area contributed by atoms with Crippen molar-refractivity contribution in [3.05, 3.63) is 24.3 Å². The van der Waals surface area contributed by atoms with Crippen LogP contribution in [0, 0.1) is 0 Å². The molecule has 20 heavy (non-hydrogen) atoms. The number of anilines is 1. The zero-order valence-electron chi connectivity index (χ0n) is 11.7. The van der Waals surface area contributed by atoms with E-state index in [2.05, 4.69) is 4.90 Å². The van der Waals surface area contributed by atoms with Crippen molar-refractivity contribution in [2.24, 2.45) is 0 Å². The van der Waals surface area contributed by atoms with Crippen molar-refractivity contribution in [2.45, 2.75) is 25.2 Å². The molecule has 2 heterocycles. The molecule has 0 amide bonds. The van der Waals surface area contributed by atoms with Crippen LogP contribution in [0.25, 0.3) is 0 Å². The highest BCUT2D eigenvalue weighted by Gasteiger charge is 2.26. The van der Waals surface area contributed by atoms with Crippen LogP contribution >= 0.6 is 0 Å². The van der Waals surface area contributed by atoms with Gasteiger partial charge < -0.3 is 24.2 Å². The fraction of sp³-hybridized carbons (Fsp3) is 0.600. The molecule has 1 N–H and O–H groups in total. The monoisotopic (exact) mass is 279 g/mol. The Hall–Kier alpha value is -1.30. The number of hydrogen-bond donors (Lipinski definition) is 1. The molecule has 0 saturated carbocycles. The number of aliphatic hydroxyl groups is 1. The maximum absolute atomic E-state index is 9.60. The molecule has 1 aromatic carbocycles. The largest absolute Gasteiger partial charge is 0.491 e. The van der Waals surface area contributed by atoms with Gasteiger partial charge in [0.15, 0.2) is 0 Å². The zero-order chi connectivity index (χ0) is 13.9. The molecule has 2 fully saturated rings. The lowest BCUT2D eigenvalue weighted by Crippen LogP contribution is -2.34. The van der Waals surface area contributed by atoms with Gasteiger partial charge >= 0.3 is 0 Å². The number of epoxide rings is 2. The normalized spacial score (nSPS) is 25.1. The molecule has 2 aliphatic rings. The summed E-state index contributed by atoms with van der Waals surface area (Å²) < 4.78 is 16.0. The first kappa shape index (κ1) is 13.7. The molecule has 110 valence electrons. The van der Waals surface area contributed by atoms with Gasteiger partial charge in [-0.25, -0.2) is 0 Å². The maximum Gasteiger partial charge on any atom is 0.119 e. The van der Waals surface area contributed by atoms with Crippen LogP contribution in [0.2, 0.25) is 0 Å². The summed E-state index contributed by atoms with van der Waals surface area (Å²) in [5, 5.41) is 9.60. The molecule has 3 unspecified atom stereocenters. The molecule has 5 nitrogen and oxygen atoms in total. The van der Waals surface area contributed by atoms with E-state index in [1.54, 1.807) is 6.92 Å². The van der Waals surface area contributed by atoms with Crippen LogP contribution in [0.1, 0.15) is 6.92 Å². The van der Waals surface area contributed by atoms with Crippen molar-refractivity contribution in [3.63, 3.8) is 0 Å². The lowest BCUT2D eigenvalue weighted by Gasteiger charge is -2.25. The number of ether oxygens (including phenoxy) is 3. The average Bonchev–Trinajstić information content (AvgIpc) is 3.30. The van der Waals surface area contributed by atoms with Crippen LogP contribution in [0.3, 0.4) is 0 Å². The Balaban J connectivity index is 1.59. The van der Waals surface area contributed by atoms with E-state index in [1.807, 2.05) is 24.3 Å².